The van der Waals surface area contributed by atoms with E-state index >= 15 is 0 Å². The lowest BCUT2D eigenvalue weighted by atomic mass is 10.1. The molecule has 6 nitrogen and oxygen atoms in total. The summed E-state index contributed by atoms with van der Waals surface area (Å²) in [6, 6.07) is 15.3. The number of hydrogen-bond acceptors (Lipinski definition) is 3. The Labute approximate surface area is 149 Å². The third-order valence-corrected chi connectivity index (χ3v) is 3.82. The van der Waals surface area contributed by atoms with Gasteiger partial charge in [0.1, 0.15) is 0 Å². The topological polar surface area (TPSA) is 95.2 Å². The van der Waals surface area contributed by atoms with Gasteiger partial charge in [0.2, 0.25) is 0 Å². The zero-order valence-electron chi connectivity index (χ0n) is 14.2. The standard InChI is InChI=1S/2C10H9NO2/c1-7(12)13-10-6-11-9-5-3-2-4-8(9)10;12-10(13)5-7-6-11-9-4-2-1-3-8(7)9/h2-6,11H,1H3;1-4,6,11H,5H2,(H,12,13). The van der Waals surface area contributed by atoms with Crippen LogP contribution in [-0.2, 0) is 16.0 Å². The molecule has 4 rings (SSSR count). The van der Waals surface area contributed by atoms with Gasteiger partial charge in [0.15, 0.2) is 5.75 Å². The van der Waals surface area contributed by atoms with Gasteiger partial charge in [-0.15, -0.1) is 0 Å². The van der Waals surface area contributed by atoms with Crippen molar-refractivity contribution < 1.29 is 19.4 Å². The number of nitrogens with one attached hydrogen (secondary N) is 2. The van der Waals surface area contributed by atoms with Gasteiger partial charge in [0, 0.05) is 41.1 Å². The van der Waals surface area contributed by atoms with Gasteiger partial charge in [-0.2, -0.15) is 0 Å². The molecular formula is C20H18N2O4. The second-order valence-corrected chi connectivity index (χ2v) is 5.72. The second kappa shape index (κ2) is 7.57. The molecule has 0 aliphatic heterocycles. The molecule has 0 aliphatic rings. The van der Waals surface area contributed by atoms with E-state index in [2.05, 4.69) is 9.97 Å². The zero-order valence-corrected chi connectivity index (χ0v) is 14.2. The predicted octanol–water partition coefficient (Wildman–Crippen LogP) is 3.89. The van der Waals surface area contributed by atoms with E-state index in [4.69, 9.17) is 9.84 Å². The summed E-state index contributed by atoms with van der Waals surface area (Å²) < 4.78 is 5.00. The second-order valence-electron chi connectivity index (χ2n) is 5.72. The number of carbonyl (C=O) groups excluding carboxylic acids is 1. The molecule has 26 heavy (non-hydrogen) atoms. The van der Waals surface area contributed by atoms with Gasteiger partial charge in [0.25, 0.3) is 0 Å². The average molecular weight is 350 g/mol. The number of fused-ring (bicyclic) bond motifs is 2. The fourth-order valence-electron chi connectivity index (χ4n) is 2.72. The van der Waals surface area contributed by atoms with Crippen LogP contribution in [0.4, 0.5) is 0 Å². The molecule has 0 bridgehead atoms. The number of rotatable bonds is 3. The van der Waals surface area contributed by atoms with Crippen LogP contribution in [0.15, 0.2) is 60.9 Å². The monoisotopic (exact) mass is 350 g/mol. The number of para-hydroxylation sites is 2. The third-order valence-electron chi connectivity index (χ3n) is 3.82. The minimum absolute atomic E-state index is 0.0734. The van der Waals surface area contributed by atoms with Crippen LogP contribution in [0.3, 0.4) is 0 Å². The van der Waals surface area contributed by atoms with Crippen molar-refractivity contribution in [2.45, 2.75) is 13.3 Å². The van der Waals surface area contributed by atoms with Crippen LogP contribution >= 0.6 is 0 Å². The summed E-state index contributed by atoms with van der Waals surface area (Å²) in [6.45, 7) is 1.39. The quantitative estimate of drug-likeness (QED) is 0.489. The number of carboxylic acid groups (broad SMARTS) is 1. The molecule has 2 aromatic carbocycles. The van der Waals surface area contributed by atoms with Gasteiger partial charge in [0.05, 0.1) is 6.42 Å². The SMILES string of the molecule is CC(=O)Oc1c[nH]c2ccccc12.O=C(O)Cc1c[nH]c2ccccc12. The van der Waals surface area contributed by atoms with E-state index in [1.54, 1.807) is 12.4 Å². The Hall–Kier alpha value is -3.54. The molecular weight excluding hydrogens is 332 g/mol. The smallest absolute Gasteiger partial charge is 0.308 e. The van der Waals surface area contributed by atoms with Gasteiger partial charge in [-0.05, 0) is 23.8 Å². The fraction of sp³-hybridized carbons (Fsp3) is 0.100. The molecule has 4 aromatic rings. The molecule has 2 aromatic heterocycles. The highest BCUT2D eigenvalue weighted by atomic mass is 16.5. The Balaban J connectivity index is 0.000000151. The van der Waals surface area contributed by atoms with Gasteiger partial charge < -0.3 is 19.8 Å². The maximum absolute atomic E-state index is 10.7. The van der Waals surface area contributed by atoms with Gasteiger partial charge in [-0.25, -0.2) is 0 Å². The highest BCUT2D eigenvalue weighted by Gasteiger charge is 2.06. The molecule has 2 heterocycles. The number of aliphatic carboxylic acids is 1. The van der Waals surface area contributed by atoms with Crippen LogP contribution in [0.2, 0.25) is 0 Å². The molecule has 0 aliphatic carbocycles. The molecule has 0 unspecified atom stereocenters. The van der Waals surface area contributed by atoms with Crippen LogP contribution in [0.25, 0.3) is 21.8 Å². The number of hydrogen-bond donors (Lipinski definition) is 3. The lowest BCUT2D eigenvalue weighted by molar-refractivity contribution is -0.136. The summed E-state index contributed by atoms with van der Waals surface area (Å²) in [5.41, 5.74) is 2.79. The molecule has 0 spiro atoms. The van der Waals surface area contributed by atoms with Crippen LogP contribution in [0.5, 0.6) is 5.75 Å². The number of aromatic amines is 2. The molecule has 132 valence electrons. The van der Waals surface area contributed by atoms with E-state index in [1.165, 1.54) is 6.92 Å². The van der Waals surface area contributed by atoms with Gasteiger partial charge in [-0.1, -0.05) is 30.3 Å². The first-order chi connectivity index (χ1) is 12.5. The van der Waals surface area contributed by atoms with Crippen molar-refractivity contribution in [1.29, 1.82) is 0 Å². The Bertz CT molecular complexity index is 976. The third kappa shape index (κ3) is 3.92. The van der Waals surface area contributed by atoms with Crippen LogP contribution in [-0.4, -0.2) is 27.0 Å². The average Bonchev–Trinajstić information content (AvgIpc) is 3.20. The Morgan fingerprint density at radius 2 is 1.50 bits per heavy atom. The molecule has 0 saturated heterocycles. The first-order valence-electron chi connectivity index (χ1n) is 8.06. The van der Waals surface area contributed by atoms with E-state index < -0.39 is 5.97 Å². The summed E-state index contributed by atoms with van der Waals surface area (Å²) in [4.78, 5) is 27.3. The maximum Gasteiger partial charge on any atom is 0.308 e. The fourth-order valence-corrected chi connectivity index (χ4v) is 2.72. The van der Waals surface area contributed by atoms with Crippen LogP contribution < -0.4 is 4.74 Å². The summed E-state index contributed by atoms with van der Waals surface area (Å²) in [5.74, 6) is -0.516. The minimum atomic E-state index is -0.801. The number of ether oxygens (including phenoxy) is 1. The highest BCUT2D eigenvalue weighted by Crippen LogP contribution is 2.24. The number of benzene rings is 2. The molecule has 0 fully saturated rings. The van der Waals surface area contributed by atoms with Crippen molar-refractivity contribution in [2.24, 2.45) is 0 Å². The van der Waals surface area contributed by atoms with E-state index in [0.29, 0.717) is 5.75 Å². The molecule has 0 atom stereocenters. The van der Waals surface area contributed by atoms with Crippen molar-refractivity contribution in [3.63, 3.8) is 0 Å². The van der Waals surface area contributed by atoms with E-state index in [1.807, 2.05) is 48.5 Å². The first-order valence-corrected chi connectivity index (χ1v) is 8.06. The highest BCUT2D eigenvalue weighted by molar-refractivity contribution is 5.88. The van der Waals surface area contributed by atoms with E-state index in [0.717, 1.165) is 27.4 Å². The predicted molar refractivity (Wildman–Crippen MR) is 99.2 cm³/mol. The van der Waals surface area contributed by atoms with E-state index in [-0.39, 0.29) is 12.4 Å². The Morgan fingerprint density at radius 1 is 0.923 bits per heavy atom. The molecule has 0 radical (unpaired) electrons. The van der Waals surface area contributed by atoms with Crippen molar-refractivity contribution in [3.8, 4) is 5.75 Å². The Kier molecular flexibility index (Phi) is 5.03. The molecule has 6 heteroatoms. The van der Waals surface area contributed by atoms with E-state index in [9.17, 15) is 9.59 Å². The summed E-state index contributed by atoms with van der Waals surface area (Å²) >= 11 is 0. The van der Waals surface area contributed by atoms with Gasteiger partial charge >= 0.3 is 11.9 Å². The number of H-pyrrole nitrogens is 2. The summed E-state index contributed by atoms with van der Waals surface area (Å²) in [5, 5.41) is 10.5. The molecule has 3 N–H and O–H groups in total. The number of esters is 1. The lowest BCUT2D eigenvalue weighted by Gasteiger charge is -1.96. The number of carbonyl (C=O) groups is 2. The normalized spacial score (nSPS) is 10.3. The van der Waals surface area contributed by atoms with Crippen molar-refractivity contribution in [1.82, 2.24) is 9.97 Å². The zero-order chi connectivity index (χ0) is 18.5. The summed E-state index contributed by atoms with van der Waals surface area (Å²) in [6.07, 6.45) is 3.51. The molecule has 0 saturated carbocycles. The maximum atomic E-state index is 10.7. The first kappa shape index (κ1) is 17.3. The van der Waals surface area contributed by atoms with Gasteiger partial charge in [-0.3, -0.25) is 9.59 Å². The summed E-state index contributed by atoms with van der Waals surface area (Å²) in [7, 11) is 0. The lowest BCUT2D eigenvalue weighted by Crippen LogP contribution is -2.00. The Morgan fingerprint density at radius 3 is 2.15 bits per heavy atom. The van der Waals surface area contributed by atoms with Crippen LogP contribution in [0, 0.1) is 0 Å². The molecule has 0 amide bonds. The number of carboxylic acids is 1. The van der Waals surface area contributed by atoms with Crippen molar-refractivity contribution in [2.75, 3.05) is 0 Å². The van der Waals surface area contributed by atoms with Crippen molar-refractivity contribution >= 4 is 33.7 Å². The van der Waals surface area contributed by atoms with Crippen molar-refractivity contribution in [3.05, 3.63) is 66.5 Å². The number of aromatic nitrogens is 2. The van der Waals surface area contributed by atoms with Crippen LogP contribution in [0.1, 0.15) is 12.5 Å². The largest absolute Gasteiger partial charge is 0.481 e. The minimum Gasteiger partial charge on any atom is -0.481 e.